The lowest BCUT2D eigenvalue weighted by atomic mass is 10.2. The quantitative estimate of drug-likeness (QED) is 0.802. The molecular weight excluding hydrogens is 308 g/mol. The van der Waals surface area contributed by atoms with Crippen LogP contribution in [0.3, 0.4) is 0 Å². The van der Waals surface area contributed by atoms with Gasteiger partial charge < -0.3 is 4.90 Å². The van der Waals surface area contributed by atoms with Gasteiger partial charge in [-0.15, -0.1) is 11.3 Å². The second-order valence-corrected chi connectivity index (χ2v) is 8.51. The molecule has 21 heavy (non-hydrogen) atoms. The molecule has 1 aromatic heterocycles. The maximum Gasteiger partial charge on any atom is 0.238 e. The number of likely N-dealkylation sites (tertiary alicyclic amines) is 1. The molecule has 0 unspecified atom stereocenters. The Balaban J connectivity index is 2.03. The zero-order valence-corrected chi connectivity index (χ0v) is 14.1. The fraction of sp³-hybridized carbons (Fsp3) is 0.643. The molecule has 0 aliphatic carbocycles. The van der Waals surface area contributed by atoms with Crippen molar-refractivity contribution in [2.24, 2.45) is 0 Å². The zero-order valence-electron chi connectivity index (χ0n) is 12.5. The predicted octanol–water partition coefficient (Wildman–Crippen LogP) is 2.08. The minimum atomic E-state index is -3.32. The lowest BCUT2D eigenvalue weighted by molar-refractivity contribution is -0.132. The number of amides is 1. The van der Waals surface area contributed by atoms with Crippen molar-refractivity contribution in [1.82, 2.24) is 9.21 Å². The molecule has 1 atom stereocenters. The van der Waals surface area contributed by atoms with E-state index in [1.54, 1.807) is 11.3 Å². The van der Waals surface area contributed by atoms with Crippen LogP contribution in [0.1, 0.15) is 37.1 Å². The molecule has 118 valence electrons. The average Bonchev–Trinajstić information content (AvgIpc) is 3.09. The van der Waals surface area contributed by atoms with Gasteiger partial charge in [0.15, 0.2) is 0 Å². The van der Waals surface area contributed by atoms with Gasteiger partial charge in [-0.3, -0.25) is 4.79 Å². The molecule has 0 radical (unpaired) electrons. The summed E-state index contributed by atoms with van der Waals surface area (Å²) in [4.78, 5) is 15.4. The van der Waals surface area contributed by atoms with Crippen molar-refractivity contribution < 1.29 is 13.2 Å². The molecule has 1 saturated heterocycles. The van der Waals surface area contributed by atoms with Gasteiger partial charge in [-0.25, -0.2) is 8.42 Å². The lowest BCUT2D eigenvalue weighted by Crippen LogP contribution is -2.41. The van der Waals surface area contributed by atoms with Crippen molar-refractivity contribution in [3.05, 3.63) is 22.4 Å². The Labute approximate surface area is 130 Å². The van der Waals surface area contributed by atoms with Crippen LogP contribution in [-0.2, 0) is 14.8 Å². The van der Waals surface area contributed by atoms with Gasteiger partial charge in [0.25, 0.3) is 0 Å². The summed E-state index contributed by atoms with van der Waals surface area (Å²) in [5.74, 6) is -0.0152. The maximum atomic E-state index is 12.4. The molecular formula is C14H22N2O3S2. The fourth-order valence-corrected chi connectivity index (χ4v) is 4.64. The molecule has 0 N–H and O–H groups in total. The normalized spacial score (nSPS) is 19.4. The summed E-state index contributed by atoms with van der Waals surface area (Å²) in [5.41, 5.74) is 0. The molecule has 2 heterocycles. The molecule has 0 bridgehead atoms. The molecule has 0 aromatic carbocycles. The monoisotopic (exact) mass is 330 g/mol. The minimum absolute atomic E-state index is 0.0653. The molecule has 0 saturated carbocycles. The van der Waals surface area contributed by atoms with E-state index in [1.807, 2.05) is 29.3 Å². The average molecular weight is 330 g/mol. The van der Waals surface area contributed by atoms with Gasteiger partial charge in [-0.1, -0.05) is 13.0 Å². The van der Waals surface area contributed by atoms with Gasteiger partial charge in [0.2, 0.25) is 15.9 Å². The molecule has 1 aliphatic heterocycles. The van der Waals surface area contributed by atoms with E-state index in [-0.39, 0.29) is 24.2 Å². The van der Waals surface area contributed by atoms with Crippen LogP contribution < -0.4 is 0 Å². The smallest absolute Gasteiger partial charge is 0.238 e. The molecule has 2 rings (SSSR count). The first kappa shape index (κ1) is 16.5. The van der Waals surface area contributed by atoms with Crippen molar-refractivity contribution in [2.45, 2.75) is 32.2 Å². The molecule has 1 aliphatic rings. The van der Waals surface area contributed by atoms with Gasteiger partial charge in [0, 0.05) is 18.5 Å². The third-order valence-electron chi connectivity index (χ3n) is 3.74. The van der Waals surface area contributed by atoms with E-state index in [2.05, 4.69) is 0 Å². The molecule has 5 nitrogen and oxygen atoms in total. The number of sulfonamides is 1. The lowest BCUT2D eigenvalue weighted by Gasteiger charge is -2.26. The van der Waals surface area contributed by atoms with Crippen molar-refractivity contribution in [3.63, 3.8) is 0 Å². The molecule has 1 aromatic rings. The highest BCUT2D eigenvalue weighted by molar-refractivity contribution is 7.89. The SMILES string of the molecule is CCCS(=O)(=O)N(C)CC(=O)N1CCC[C@H]1c1cccs1. The van der Waals surface area contributed by atoms with Crippen molar-refractivity contribution in [2.75, 3.05) is 25.9 Å². The highest BCUT2D eigenvalue weighted by Crippen LogP contribution is 2.34. The van der Waals surface area contributed by atoms with E-state index in [1.165, 1.54) is 16.2 Å². The minimum Gasteiger partial charge on any atom is -0.334 e. The van der Waals surface area contributed by atoms with E-state index < -0.39 is 10.0 Å². The van der Waals surface area contributed by atoms with E-state index in [4.69, 9.17) is 0 Å². The molecule has 7 heteroatoms. The topological polar surface area (TPSA) is 57.7 Å². The summed E-state index contributed by atoms with van der Waals surface area (Å²) in [6, 6.07) is 4.14. The number of carbonyl (C=O) groups is 1. The fourth-order valence-electron chi connectivity index (χ4n) is 2.64. The van der Waals surface area contributed by atoms with Gasteiger partial charge >= 0.3 is 0 Å². The van der Waals surface area contributed by atoms with Crippen molar-refractivity contribution >= 4 is 27.3 Å². The standard InChI is InChI=1S/C14H22N2O3S2/c1-3-10-21(18,19)15(2)11-14(17)16-8-4-6-12(16)13-7-5-9-20-13/h5,7,9,12H,3-4,6,8,10-11H2,1-2H3/t12-/m0/s1. The first-order chi connectivity index (χ1) is 9.95. The number of hydrogen-bond donors (Lipinski definition) is 0. The van der Waals surface area contributed by atoms with Crippen molar-refractivity contribution in [1.29, 1.82) is 0 Å². The number of hydrogen-bond acceptors (Lipinski definition) is 4. The van der Waals surface area contributed by atoms with Gasteiger partial charge in [0.1, 0.15) is 0 Å². The Morgan fingerprint density at radius 2 is 2.29 bits per heavy atom. The van der Waals surface area contributed by atoms with Crippen LogP contribution in [0.25, 0.3) is 0 Å². The Kier molecular flexibility index (Phi) is 5.40. The Morgan fingerprint density at radius 1 is 1.52 bits per heavy atom. The van der Waals surface area contributed by atoms with E-state index in [0.29, 0.717) is 13.0 Å². The van der Waals surface area contributed by atoms with Crippen LogP contribution in [0.5, 0.6) is 0 Å². The molecule has 1 amide bonds. The van der Waals surface area contributed by atoms with Crippen molar-refractivity contribution in [3.8, 4) is 0 Å². The number of nitrogens with zero attached hydrogens (tertiary/aromatic N) is 2. The van der Waals surface area contributed by atoms with Crippen LogP contribution in [-0.4, -0.2) is 49.4 Å². The Morgan fingerprint density at radius 3 is 2.90 bits per heavy atom. The summed E-state index contributed by atoms with van der Waals surface area (Å²) in [6.45, 7) is 2.47. The van der Waals surface area contributed by atoms with Gasteiger partial charge in [0.05, 0.1) is 18.3 Å². The zero-order chi connectivity index (χ0) is 15.5. The largest absolute Gasteiger partial charge is 0.334 e. The van der Waals surface area contributed by atoms with Gasteiger partial charge in [-0.2, -0.15) is 4.31 Å². The number of likely N-dealkylation sites (N-methyl/N-ethyl adjacent to an activating group) is 1. The van der Waals surface area contributed by atoms with Crippen LogP contribution in [0.4, 0.5) is 0 Å². The first-order valence-corrected chi connectivity index (χ1v) is 9.71. The maximum absolute atomic E-state index is 12.4. The summed E-state index contributed by atoms with van der Waals surface area (Å²) >= 11 is 1.65. The van der Waals surface area contributed by atoms with Crippen LogP contribution >= 0.6 is 11.3 Å². The molecule has 1 fully saturated rings. The second-order valence-electron chi connectivity index (χ2n) is 5.33. The first-order valence-electron chi connectivity index (χ1n) is 7.22. The van der Waals surface area contributed by atoms with E-state index >= 15 is 0 Å². The second kappa shape index (κ2) is 6.89. The Hall–Kier alpha value is -0.920. The van der Waals surface area contributed by atoms with Crippen LogP contribution in [0.2, 0.25) is 0 Å². The highest BCUT2D eigenvalue weighted by atomic mass is 32.2. The predicted molar refractivity (Wildman–Crippen MR) is 84.7 cm³/mol. The number of carbonyl (C=O) groups excluding carboxylic acids is 1. The van der Waals surface area contributed by atoms with Crippen LogP contribution in [0, 0.1) is 0 Å². The van der Waals surface area contributed by atoms with E-state index in [0.717, 1.165) is 12.8 Å². The number of rotatable bonds is 6. The molecule has 0 spiro atoms. The third-order valence-corrected chi connectivity index (χ3v) is 6.72. The summed E-state index contributed by atoms with van der Waals surface area (Å²) in [7, 11) is -1.83. The highest BCUT2D eigenvalue weighted by Gasteiger charge is 2.32. The van der Waals surface area contributed by atoms with Gasteiger partial charge in [-0.05, 0) is 30.7 Å². The Bertz CT molecular complexity index is 569. The number of thiophene rings is 1. The summed E-state index contributed by atoms with van der Waals surface area (Å²) in [5, 5.41) is 2.01. The summed E-state index contributed by atoms with van der Waals surface area (Å²) in [6.07, 6.45) is 2.49. The third kappa shape index (κ3) is 3.84. The van der Waals surface area contributed by atoms with Crippen LogP contribution in [0.15, 0.2) is 17.5 Å². The summed E-state index contributed by atoms with van der Waals surface area (Å²) < 4.78 is 25.1. The van der Waals surface area contributed by atoms with E-state index in [9.17, 15) is 13.2 Å².